The minimum atomic E-state index is -3.49. The van der Waals surface area contributed by atoms with Gasteiger partial charge >= 0.3 is 0 Å². The van der Waals surface area contributed by atoms with Crippen LogP contribution in [0.2, 0.25) is 0 Å². The van der Waals surface area contributed by atoms with Crippen LogP contribution in [0.3, 0.4) is 0 Å². The summed E-state index contributed by atoms with van der Waals surface area (Å²) in [5.41, 5.74) is 0.393. The number of hydrogen-bond acceptors (Lipinski definition) is 3. The quantitative estimate of drug-likeness (QED) is 0.693. The van der Waals surface area contributed by atoms with E-state index in [1.54, 1.807) is 19.9 Å². The van der Waals surface area contributed by atoms with Crippen molar-refractivity contribution in [3.05, 3.63) is 11.6 Å². The molecule has 0 bridgehead atoms. The maximum absolute atomic E-state index is 11.2. The van der Waals surface area contributed by atoms with Crippen LogP contribution in [-0.4, -0.2) is 19.6 Å². The van der Waals surface area contributed by atoms with Crippen molar-refractivity contribution in [1.29, 1.82) is 0 Å². The molecule has 0 aliphatic carbocycles. The Kier molecular flexibility index (Phi) is 4.13. The summed E-state index contributed by atoms with van der Waals surface area (Å²) in [5, 5.41) is -0.596. The molecule has 1 amide bonds. The maximum atomic E-state index is 11.2. The topological polar surface area (TPSA) is 63.2 Å². The van der Waals surface area contributed by atoms with Crippen molar-refractivity contribution in [1.82, 2.24) is 4.72 Å². The first-order valence-corrected chi connectivity index (χ1v) is 5.54. The predicted molar refractivity (Wildman–Crippen MR) is 51.6 cm³/mol. The Bertz CT molecular complexity index is 314. The van der Waals surface area contributed by atoms with Crippen LogP contribution in [0.1, 0.15) is 27.7 Å². The van der Waals surface area contributed by atoms with Gasteiger partial charge in [-0.3, -0.25) is 4.79 Å². The lowest BCUT2D eigenvalue weighted by Gasteiger charge is -2.08. The summed E-state index contributed by atoms with van der Waals surface area (Å²) in [6.07, 6.45) is 1.56. The van der Waals surface area contributed by atoms with E-state index >= 15 is 0 Å². The molecule has 5 heteroatoms. The summed E-state index contributed by atoms with van der Waals surface area (Å²) in [6.45, 7) is 6.27. The number of sulfonamides is 1. The van der Waals surface area contributed by atoms with Crippen molar-refractivity contribution in [2.75, 3.05) is 0 Å². The standard InChI is InChI=1S/C8H15NO3S/c1-5-7(4)8(10)9-13(11,12)6(2)3/h5-6H,1-4H3,(H,9,10)/b7-5-. The first kappa shape index (κ1) is 12.2. The summed E-state index contributed by atoms with van der Waals surface area (Å²) < 4.78 is 24.4. The van der Waals surface area contributed by atoms with Crippen LogP contribution in [0, 0.1) is 0 Å². The molecule has 0 unspecified atom stereocenters. The van der Waals surface area contributed by atoms with Gasteiger partial charge in [-0.15, -0.1) is 0 Å². The highest BCUT2D eigenvalue weighted by molar-refractivity contribution is 7.90. The van der Waals surface area contributed by atoms with Crippen molar-refractivity contribution in [2.45, 2.75) is 32.9 Å². The third-order valence-electron chi connectivity index (χ3n) is 1.65. The molecule has 0 saturated heterocycles. The molecule has 0 atom stereocenters. The molecule has 0 radical (unpaired) electrons. The Balaban J connectivity index is 4.58. The highest BCUT2D eigenvalue weighted by Crippen LogP contribution is 1.99. The number of carbonyl (C=O) groups is 1. The van der Waals surface area contributed by atoms with Gasteiger partial charge in [-0.25, -0.2) is 13.1 Å². The maximum Gasteiger partial charge on any atom is 0.260 e. The van der Waals surface area contributed by atoms with Crippen LogP contribution in [0.15, 0.2) is 11.6 Å². The monoisotopic (exact) mass is 205 g/mol. The molecule has 4 nitrogen and oxygen atoms in total. The van der Waals surface area contributed by atoms with E-state index in [-0.39, 0.29) is 0 Å². The molecule has 13 heavy (non-hydrogen) atoms. The second-order valence-corrected chi connectivity index (χ2v) is 5.23. The molecule has 0 rings (SSSR count). The Morgan fingerprint density at radius 3 is 2.15 bits per heavy atom. The molecule has 0 aromatic carbocycles. The van der Waals surface area contributed by atoms with Gasteiger partial charge in [-0.05, 0) is 27.7 Å². The van der Waals surface area contributed by atoms with E-state index < -0.39 is 21.2 Å². The zero-order valence-electron chi connectivity index (χ0n) is 8.29. The van der Waals surface area contributed by atoms with Gasteiger partial charge in [-0.1, -0.05) is 6.08 Å². The van der Waals surface area contributed by atoms with Gasteiger partial charge < -0.3 is 0 Å². The van der Waals surface area contributed by atoms with E-state index in [1.165, 1.54) is 13.8 Å². The van der Waals surface area contributed by atoms with Gasteiger partial charge in [0.15, 0.2) is 0 Å². The third-order valence-corrected chi connectivity index (χ3v) is 3.36. The lowest BCUT2D eigenvalue weighted by atomic mass is 10.3. The molecule has 0 spiro atoms. The molecule has 0 aromatic rings. The molecular weight excluding hydrogens is 190 g/mol. The molecule has 0 aliphatic rings. The summed E-state index contributed by atoms with van der Waals surface area (Å²) in [5.74, 6) is -0.559. The van der Waals surface area contributed by atoms with E-state index in [2.05, 4.69) is 0 Å². The van der Waals surface area contributed by atoms with E-state index in [9.17, 15) is 13.2 Å². The van der Waals surface area contributed by atoms with Crippen molar-refractivity contribution in [2.24, 2.45) is 0 Å². The van der Waals surface area contributed by atoms with Crippen LogP contribution < -0.4 is 4.72 Å². The lowest BCUT2D eigenvalue weighted by Crippen LogP contribution is -2.36. The molecule has 0 saturated carbocycles. The second kappa shape index (κ2) is 4.41. The van der Waals surface area contributed by atoms with Gasteiger partial charge in [0, 0.05) is 5.57 Å². The first-order valence-electron chi connectivity index (χ1n) is 4.00. The van der Waals surface area contributed by atoms with E-state index in [1.807, 2.05) is 4.72 Å². The van der Waals surface area contributed by atoms with E-state index in [0.29, 0.717) is 5.57 Å². The van der Waals surface area contributed by atoms with Gasteiger partial charge in [-0.2, -0.15) is 0 Å². The number of allylic oxidation sites excluding steroid dienone is 1. The van der Waals surface area contributed by atoms with Crippen LogP contribution >= 0.6 is 0 Å². The number of rotatable bonds is 3. The Labute approximate surface area is 79.1 Å². The zero-order valence-corrected chi connectivity index (χ0v) is 9.10. The Hall–Kier alpha value is -0.840. The summed E-state index contributed by atoms with van der Waals surface area (Å²) in [6, 6.07) is 0. The normalized spacial score (nSPS) is 13.2. The summed E-state index contributed by atoms with van der Waals surface area (Å²) >= 11 is 0. The fourth-order valence-electron chi connectivity index (χ4n) is 0.459. The highest BCUT2D eigenvalue weighted by Gasteiger charge is 2.18. The lowest BCUT2D eigenvalue weighted by molar-refractivity contribution is -0.115. The van der Waals surface area contributed by atoms with Gasteiger partial charge in [0.05, 0.1) is 5.25 Å². The molecule has 0 aromatic heterocycles. The van der Waals surface area contributed by atoms with Gasteiger partial charge in [0.25, 0.3) is 5.91 Å². The van der Waals surface area contributed by atoms with E-state index in [4.69, 9.17) is 0 Å². The fraction of sp³-hybridized carbons (Fsp3) is 0.625. The minimum Gasteiger partial charge on any atom is -0.269 e. The Morgan fingerprint density at radius 2 is 1.85 bits per heavy atom. The number of nitrogens with one attached hydrogen (secondary N) is 1. The first-order chi connectivity index (χ1) is 5.81. The third kappa shape index (κ3) is 3.59. The number of carbonyl (C=O) groups excluding carboxylic acids is 1. The minimum absolute atomic E-state index is 0.393. The number of amides is 1. The van der Waals surface area contributed by atoms with E-state index in [0.717, 1.165) is 0 Å². The van der Waals surface area contributed by atoms with Gasteiger partial charge in [0.2, 0.25) is 10.0 Å². The smallest absolute Gasteiger partial charge is 0.260 e. The van der Waals surface area contributed by atoms with Crippen LogP contribution in [-0.2, 0) is 14.8 Å². The van der Waals surface area contributed by atoms with Crippen LogP contribution in [0.5, 0.6) is 0 Å². The van der Waals surface area contributed by atoms with Crippen molar-refractivity contribution >= 4 is 15.9 Å². The zero-order chi connectivity index (χ0) is 10.6. The summed E-state index contributed by atoms with van der Waals surface area (Å²) in [7, 11) is -3.49. The molecule has 1 N–H and O–H groups in total. The average Bonchev–Trinajstić information content (AvgIpc) is 2.01. The Morgan fingerprint density at radius 1 is 1.38 bits per heavy atom. The SMILES string of the molecule is C/C=C(/C)C(=O)NS(=O)(=O)C(C)C. The number of hydrogen-bond donors (Lipinski definition) is 1. The molecule has 0 fully saturated rings. The van der Waals surface area contributed by atoms with Crippen molar-refractivity contribution in [3.63, 3.8) is 0 Å². The molecule has 0 aliphatic heterocycles. The van der Waals surface area contributed by atoms with Crippen molar-refractivity contribution in [3.8, 4) is 0 Å². The molecule has 76 valence electrons. The highest BCUT2D eigenvalue weighted by atomic mass is 32.2. The second-order valence-electron chi connectivity index (χ2n) is 3.00. The molecule has 0 heterocycles. The average molecular weight is 205 g/mol. The van der Waals surface area contributed by atoms with Crippen LogP contribution in [0.4, 0.5) is 0 Å². The van der Waals surface area contributed by atoms with Gasteiger partial charge in [0.1, 0.15) is 0 Å². The molecular formula is C8H15NO3S. The summed E-state index contributed by atoms with van der Waals surface area (Å²) in [4.78, 5) is 11.1. The van der Waals surface area contributed by atoms with Crippen LogP contribution in [0.25, 0.3) is 0 Å². The predicted octanol–water partition coefficient (Wildman–Crippen LogP) is 0.807. The largest absolute Gasteiger partial charge is 0.269 e. The van der Waals surface area contributed by atoms with Crippen molar-refractivity contribution < 1.29 is 13.2 Å². The fourth-order valence-corrected chi connectivity index (χ4v) is 1.11.